The number of thiophene rings is 1. The maximum atomic E-state index is 4.74. The fraction of sp³-hybridized carbons (Fsp3) is 0.267. The van der Waals surface area contributed by atoms with Gasteiger partial charge in [-0.15, -0.1) is 11.3 Å². The lowest BCUT2D eigenvalue weighted by atomic mass is 10.2. The van der Waals surface area contributed by atoms with Crippen LogP contribution in [0, 0.1) is 0 Å². The van der Waals surface area contributed by atoms with Gasteiger partial charge in [-0.25, -0.2) is 9.97 Å². The van der Waals surface area contributed by atoms with Crippen LogP contribution in [0.4, 0.5) is 5.82 Å². The monoisotopic (exact) mass is 282 g/mol. The van der Waals surface area contributed by atoms with Gasteiger partial charge in [-0.3, -0.25) is 4.98 Å². The highest BCUT2D eigenvalue weighted by molar-refractivity contribution is 7.19. The summed E-state index contributed by atoms with van der Waals surface area (Å²) in [6.45, 7) is 0. The van der Waals surface area contributed by atoms with E-state index < -0.39 is 0 Å². The number of fused-ring (bicyclic) bond motifs is 3. The standard InChI is InChI=1S/C15H14N4S/c1-16-14-12-10-5-2-6-11(10)20-15(12)19-13(18-14)9-4-3-7-17-8-9/h3-4,7-8H,2,5-6H2,1H3,(H,16,18,19). The summed E-state index contributed by atoms with van der Waals surface area (Å²) < 4.78 is 0. The summed E-state index contributed by atoms with van der Waals surface area (Å²) in [5.74, 6) is 1.68. The van der Waals surface area contributed by atoms with Crippen LogP contribution in [0.15, 0.2) is 24.5 Å². The highest BCUT2D eigenvalue weighted by atomic mass is 32.1. The Morgan fingerprint density at radius 1 is 1.25 bits per heavy atom. The Hall–Kier alpha value is -2.01. The van der Waals surface area contributed by atoms with E-state index in [2.05, 4.69) is 15.3 Å². The molecule has 4 nitrogen and oxygen atoms in total. The molecule has 100 valence electrons. The van der Waals surface area contributed by atoms with Gasteiger partial charge in [0.25, 0.3) is 0 Å². The van der Waals surface area contributed by atoms with Gasteiger partial charge in [-0.2, -0.15) is 0 Å². The van der Waals surface area contributed by atoms with Gasteiger partial charge in [-0.1, -0.05) is 0 Å². The largest absolute Gasteiger partial charge is 0.372 e. The van der Waals surface area contributed by atoms with Gasteiger partial charge in [0, 0.05) is 29.9 Å². The summed E-state index contributed by atoms with van der Waals surface area (Å²) in [5, 5.41) is 4.45. The summed E-state index contributed by atoms with van der Waals surface area (Å²) in [4.78, 5) is 16.1. The molecule has 0 unspecified atom stereocenters. The van der Waals surface area contributed by atoms with Crippen molar-refractivity contribution in [3.8, 4) is 11.4 Å². The number of hydrogen-bond donors (Lipinski definition) is 1. The Morgan fingerprint density at radius 3 is 3.00 bits per heavy atom. The molecule has 3 heterocycles. The van der Waals surface area contributed by atoms with Crippen molar-refractivity contribution < 1.29 is 0 Å². The SMILES string of the molecule is CNc1nc(-c2cccnc2)nc2sc3c(c12)CCC3. The van der Waals surface area contributed by atoms with E-state index in [1.807, 2.05) is 36.7 Å². The molecule has 1 aliphatic rings. The second kappa shape index (κ2) is 4.52. The number of pyridine rings is 1. The zero-order chi connectivity index (χ0) is 13.5. The van der Waals surface area contributed by atoms with Gasteiger partial charge in [0.2, 0.25) is 0 Å². The van der Waals surface area contributed by atoms with Crippen LogP contribution in [-0.2, 0) is 12.8 Å². The lowest BCUT2D eigenvalue weighted by Crippen LogP contribution is -1.98. The molecular weight excluding hydrogens is 268 g/mol. The van der Waals surface area contributed by atoms with Crippen molar-refractivity contribution in [3.05, 3.63) is 35.0 Å². The molecule has 0 spiro atoms. The van der Waals surface area contributed by atoms with Gasteiger partial charge in [0.05, 0.1) is 5.39 Å². The number of aryl methyl sites for hydroxylation is 2. The molecule has 0 atom stereocenters. The molecule has 4 rings (SSSR count). The van der Waals surface area contributed by atoms with Crippen LogP contribution in [0.3, 0.4) is 0 Å². The molecule has 0 fully saturated rings. The van der Waals surface area contributed by atoms with Crippen LogP contribution in [0.2, 0.25) is 0 Å². The fourth-order valence-electron chi connectivity index (χ4n) is 2.80. The molecule has 20 heavy (non-hydrogen) atoms. The first-order valence-corrected chi connectivity index (χ1v) is 7.59. The highest BCUT2D eigenvalue weighted by Gasteiger charge is 2.22. The quantitative estimate of drug-likeness (QED) is 0.783. The Balaban J connectivity index is 1.98. The first-order chi connectivity index (χ1) is 9.86. The van der Waals surface area contributed by atoms with Crippen LogP contribution < -0.4 is 5.32 Å². The molecule has 0 saturated heterocycles. The smallest absolute Gasteiger partial charge is 0.164 e. The van der Waals surface area contributed by atoms with E-state index in [1.54, 1.807) is 6.20 Å². The molecule has 0 bridgehead atoms. The first kappa shape index (κ1) is 11.8. The van der Waals surface area contributed by atoms with Crippen molar-refractivity contribution in [2.24, 2.45) is 0 Å². The number of nitrogens with zero attached hydrogens (tertiary/aromatic N) is 3. The molecule has 0 saturated carbocycles. The summed E-state index contributed by atoms with van der Waals surface area (Å²) in [7, 11) is 1.92. The van der Waals surface area contributed by atoms with Crippen LogP contribution in [0.5, 0.6) is 0 Å². The zero-order valence-electron chi connectivity index (χ0n) is 11.2. The molecule has 3 aromatic rings. The molecule has 1 N–H and O–H groups in total. The minimum absolute atomic E-state index is 0.745. The number of anilines is 1. The summed E-state index contributed by atoms with van der Waals surface area (Å²) >= 11 is 1.81. The van der Waals surface area contributed by atoms with E-state index in [-0.39, 0.29) is 0 Å². The zero-order valence-corrected chi connectivity index (χ0v) is 12.0. The number of hydrogen-bond acceptors (Lipinski definition) is 5. The van der Waals surface area contributed by atoms with Crippen molar-refractivity contribution >= 4 is 27.4 Å². The Bertz CT molecular complexity index is 779. The van der Waals surface area contributed by atoms with Crippen LogP contribution in [-0.4, -0.2) is 22.0 Å². The normalized spacial score (nSPS) is 13.7. The average molecular weight is 282 g/mol. The van der Waals surface area contributed by atoms with Gasteiger partial charge in [0.1, 0.15) is 10.6 Å². The van der Waals surface area contributed by atoms with Gasteiger partial charge in [-0.05, 0) is 37.0 Å². The Kier molecular flexibility index (Phi) is 2.67. The molecule has 1 aliphatic carbocycles. The average Bonchev–Trinajstić information content (AvgIpc) is 3.07. The van der Waals surface area contributed by atoms with E-state index >= 15 is 0 Å². The Morgan fingerprint density at radius 2 is 2.20 bits per heavy atom. The molecule has 0 aliphatic heterocycles. The van der Waals surface area contributed by atoms with Crippen molar-refractivity contribution in [1.82, 2.24) is 15.0 Å². The maximum Gasteiger partial charge on any atom is 0.164 e. The lowest BCUT2D eigenvalue weighted by Gasteiger charge is -2.06. The summed E-state index contributed by atoms with van der Waals surface area (Å²) in [6.07, 6.45) is 7.16. The van der Waals surface area contributed by atoms with Gasteiger partial charge >= 0.3 is 0 Å². The fourth-order valence-corrected chi connectivity index (χ4v) is 4.06. The predicted molar refractivity (Wildman–Crippen MR) is 82.2 cm³/mol. The van der Waals surface area contributed by atoms with Crippen molar-refractivity contribution in [2.75, 3.05) is 12.4 Å². The maximum absolute atomic E-state index is 4.74. The minimum Gasteiger partial charge on any atom is -0.372 e. The molecule has 0 radical (unpaired) electrons. The predicted octanol–water partition coefficient (Wildman–Crippen LogP) is 3.28. The van der Waals surface area contributed by atoms with Crippen molar-refractivity contribution in [2.45, 2.75) is 19.3 Å². The second-order valence-corrected chi connectivity index (χ2v) is 6.01. The molecule has 0 aromatic carbocycles. The van der Waals surface area contributed by atoms with Crippen molar-refractivity contribution in [1.29, 1.82) is 0 Å². The highest BCUT2D eigenvalue weighted by Crippen LogP contribution is 2.40. The van der Waals surface area contributed by atoms with Crippen LogP contribution in [0.1, 0.15) is 16.9 Å². The van der Waals surface area contributed by atoms with Gasteiger partial charge in [0.15, 0.2) is 5.82 Å². The van der Waals surface area contributed by atoms with Crippen LogP contribution in [0.25, 0.3) is 21.6 Å². The molecule has 3 aromatic heterocycles. The molecule has 0 amide bonds. The third-order valence-electron chi connectivity index (χ3n) is 3.72. The topological polar surface area (TPSA) is 50.7 Å². The lowest BCUT2D eigenvalue weighted by molar-refractivity contribution is 0.917. The van der Waals surface area contributed by atoms with Crippen LogP contribution >= 0.6 is 11.3 Å². The first-order valence-electron chi connectivity index (χ1n) is 6.77. The summed E-state index contributed by atoms with van der Waals surface area (Å²) in [5.41, 5.74) is 2.41. The third kappa shape index (κ3) is 1.70. The third-order valence-corrected chi connectivity index (χ3v) is 4.91. The van der Waals surface area contributed by atoms with E-state index in [4.69, 9.17) is 4.98 Å². The van der Waals surface area contributed by atoms with E-state index in [1.165, 1.54) is 28.7 Å². The van der Waals surface area contributed by atoms with Gasteiger partial charge < -0.3 is 5.32 Å². The Labute approximate surface area is 120 Å². The van der Waals surface area contributed by atoms with E-state index in [0.717, 1.165) is 28.5 Å². The van der Waals surface area contributed by atoms with Crippen molar-refractivity contribution in [3.63, 3.8) is 0 Å². The summed E-state index contributed by atoms with van der Waals surface area (Å²) in [6, 6.07) is 3.91. The molecular formula is C15H14N4S. The molecule has 5 heteroatoms. The van der Waals surface area contributed by atoms with E-state index in [0.29, 0.717) is 0 Å². The second-order valence-electron chi connectivity index (χ2n) is 4.93. The number of nitrogens with one attached hydrogen (secondary N) is 1. The number of aromatic nitrogens is 3. The van der Waals surface area contributed by atoms with E-state index in [9.17, 15) is 0 Å². The number of rotatable bonds is 2. The minimum atomic E-state index is 0.745.